The Balaban J connectivity index is 0.00000208. The maximum Gasteiger partial charge on any atom is 0.191 e. The molecule has 0 spiro atoms. The lowest BCUT2D eigenvalue weighted by atomic mass is 9.55. The van der Waals surface area contributed by atoms with Gasteiger partial charge < -0.3 is 20.1 Å². The van der Waals surface area contributed by atoms with E-state index in [9.17, 15) is 0 Å². The van der Waals surface area contributed by atoms with Crippen molar-refractivity contribution in [2.45, 2.75) is 71.1 Å². The lowest BCUT2D eigenvalue weighted by Crippen LogP contribution is -2.71. The molecule has 0 radical (unpaired) electrons. The highest BCUT2D eigenvalue weighted by atomic mass is 127. The molecule has 2 aliphatic heterocycles. The number of nitrogens with one attached hydrogen (secondary N) is 2. The summed E-state index contributed by atoms with van der Waals surface area (Å²) in [6.07, 6.45) is 5.07. The molecule has 0 bridgehead atoms. The first-order valence-corrected chi connectivity index (χ1v) is 9.27. The third kappa shape index (κ3) is 4.01. The molecule has 0 aromatic rings. The van der Waals surface area contributed by atoms with E-state index in [0.717, 1.165) is 45.1 Å². The molecular weight excluding hydrogens is 417 g/mol. The van der Waals surface area contributed by atoms with E-state index in [0.29, 0.717) is 18.1 Å². The van der Waals surface area contributed by atoms with Crippen LogP contribution in [0.25, 0.3) is 0 Å². The molecule has 0 amide bonds. The first-order valence-electron chi connectivity index (χ1n) is 9.27. The van der Waals surface area contributed by atoms with E-state index in [-0.39, 0.29) is 35.0 Å². The van der Waals surface area contributed by atoms with Crippen molar-refractivity contribution < 1.29 is 9.47 Å². The summed E-state index contributed by atoms with van der Waals surface area (Å²) in [4.78, 5) is 4.82. The second kappa shape index (κ2) is 8.08. The monoisotopic (exact) mass is 451 g/mol. The highest BCUT2D eigenvalue weighted by molar-refractivity contribution is 14.0. The summed E-state index contributed by atoms with van der Waals surface area (Å²) in [5.74, 6) is 1.53. The summed E-state index contributed by atoms with van der Waals surface area (Å²) in [7, 11) is 0. The van der Waals surface area contributed by atoms with Crippen LogP contribution in [0.2, 0.25) is 0 Å². The molecule has 2 saturated heterocycles. The Morgan fingerprint density at radius 3 is 2.67 bits per heavy atom. The summed E-state index contributed by atoms with van der Waals surface area (Å²) >= 11 is 0. The van der Waals surface area contributed by atoms with Crippen LogP contribution in [0.15, 0.2) is 4.99 Å². The quantitative estimate of drug-likeness (QED) is 0.392. The van der Waals surface area contributed by atoms with Gasteiger partial charge in [0.1, 0.15) is 0 Å². The zero-order chi connectivity index (χ0) is 16.5. The molecule has 4 atom stereocenters. The van der Waals surface area contributed by atoms with Gasteiger partial charge in [0.2, 0.25) is 0 Å². The fourth-order valence-corrected chi connectivity index (χ4v) is 4.49. The van der Waals surface area contributed by atoms with Crippen LogP contribution in [0.4, 0.5) is 0 Å². The highest BCUT2D eigenvalue weighted by Crippen LogP contribution is 2.51. The molecule has 5 nitrogen and oxygen atoms in total. The van der Waals surface area contributed by atoms with Gasteiger partial charge in [0.25, 0.3) is 0 Å². The number of nitrogens with zero attached hydrogens (tertiary/aromatic N) is 1. The van der Waals surface area contributed by atoms with E-state index in [1.54, 1.807) is 0 Å². The fourth-order valence-electron chi connectivity index (χ4n) is 4.49. The largest absolute Gasteiger partial charge is 0.377 e. The number of fused-ring (bicyclic) bond motifs is 1. The van der Waals surface area contributed by atoms with Crippen LogP contribution < -0.4 is 10.6 Å². The molecule has 0 aromatic heterocycles. The van der Waals surface area contributed by atoms with Gasteiger partial charge >= 0.3 is 0 Å². The number of hydrogen-bond donors (Lipinski definition) is 2. The van der Waals surface area contributed by atoms with Crippen molar-refractivity contribution in [1.82, 2.24) is 10.6 Å². The van der Waals surface area contributed by atoms with Gasteiger partial charge in [-0.05, 0) is 39.5 Å². The van der Waals surface area contributed by atoms with Gasteiger partial charge in [-0.2, -0.15) is 0 Å². The van der Waals surface area contributed by atoms with Gasteiger partial charge in [0.05, 0.1) is 18.2 Å². The minimum absolute atomic E-state index is 0. The summed E-state index contributed by atoms with van der Waals surface area (Å²) in [6.45, 7) is 12.3. The molecule has 1 saturated carbocycles. The highest BCUT2D eigenvalue weighted by Gasteiger charge is 2.58. The normalized spacial score (nSPS) is 37.8. The number of aliphatic imine (C=N–C) groups is 1. The van der Waals surface area contributed by atoms with E-state index in [2.05, 4.69) is 38.3 Å². The number of rotatable bonds is 4. The Labute approximate surface area is 163 Å². The Kier molecular flexibility index (Phi) is 6.81. The lowest BCUT2D eigenvalue weighted by Gasteiger charge is -2.60. The molecule has 2 heterocycles. The standard InChI is InChI=1S/C18H33N3O2.HI/c1-5-19-16(20-12-18(4)9-7-11-23-18)21-14-13-8-6-10-22-15(13)17(14,2)3;/h13-15H,5-12H2,1-4H3,(H2,19,20,21);1H. The predicted octanol–water partition coefficient (Wildman–Crippen LogP) is 2.93. The van der Waals surface area contributed by atoms with Crippen LogP contribution in [0, 0.1) is 11.3 Å². The summed E-state index contributed by atoms with van der Waals surface area (Å²) in [5.41, 5.74) is 0.0724. The Bertz CT molecular complexity index is 450. The second-order valence-electron chi connectivity index (χ2n) is 8.14. The molecule has 3 fully saturated rings. The molecular formula is C18H34IN3O2. The Morgan fingerprint density at radius 2 is 2.00 bits per heavy atom. The summed E-state index contributed by atoms with van der Waals surface area (Å²) in [6, 6.07) is 0.433. The number of guanidine groups is 1. The fraction of sp³-hybridized carbons (Fsp3) is 0.944. The topological polar surface area (TPSA) is 54.9 Å². The molecule has 140 valence electrons. The third-order valence-corrected chi connectivity index (χ3v) is 5.84. The van der Waals surface area contributed by atoms with Crippen LogP contribution in [-0.2, 0) is 9.47 Å². The van der Waals surface area contributed by atoms with Crippen molar-refractivity contribution in [2.24, 2.45) is 16.3 Å². The van der Waals surface area contributed by atoms with Crippen LogP contribution in [0.3, 0.4) is 0 Å². The predicted molar refractivity (Wildman–Crippen MR) is 108 cm³/mol. The van der Waals surface area contributed by atoms with Gasteiger partial charge in [-0.25, -0.2) is 0 Å². The van der Waals surface area contributed by atoms with Gasteiger partial charge in [0.15, 0.2) is 5.96 Å². The molecule has 2 N–H and O–H groups in total. The van der Waals surface area contributed by atoms with Crippen LogP contribution >= 0.6 is 24.0 Å². The van der Waals surface area contributed by atoms with Crippen molar-refractivity contribution >= 4 is 29.9 Å². The second-order valence-corrected chi connectivity index (χ2v) is 8.14. The molecule has 1 aliphatic carbocycles. The molecule has 0 aromatic carbocycles. The first-order chi connectivity index (χ1) is 11.0. The average molecular weight is 451 g/mol. The minimum atomic E-state index is -0.0893. The Morgan fingerprint density at radius 1 is 1.21 bits per heavy atom. The maximum atomic E-state index is 6.00. The van der Waals surface area contributed by atoms with E-state index in [4.69, 9.17) is 14.5 Å². The SMILES string of the molecule is CCNC(=NCC1(C)CCCO1)NC1C2CCCOC2C1(C)C.I. The number of ether oxygens (including phenoxy) is 2. The third-order valence-electron chi connectivity index (χ3n) is 5.84. The summed E-state index contributed by atoms with van der Waals surface area (Å²) in [5, 5.41) is 7.09. The lowest BCUT2D eigenvalue weighted by molar-refractivity contribution is -0.188. The van der Waals surface area contributed by atoms with Crippen LogP contribution in [0.5, 0.6) is 0 Å². The molecule has 4 unspecified atom stereocenters. The number of hydrogen-bond acceptors (Lipinski definition) is 3. The van der Waals surface area contributed by atoms with Crippen molar-refractivity contribution in [3.05, 3.63) is 0 Å². The zero-order valence-electron chi connectivity index (χ0n) is 15.6. The van der Waals surface area contributed by atoms with Crippen LogP contribution in [0.1, 0.15) is 53.4 Å². The van der Waals surface area contributed by atoms with Gasteiger partial charge in [-0.3, -0.25) is 4.99 Å². The van der Waals surface area contributed by atoms with E-state index in [1.807, 2.05) is 0 Å². The average Bonchev–Trinajstić information content (AvgIpc) is 2.97. The van der Waals surface area contributed by atoms with Crippen molar-refractivity contribution in [2.75, 3.05) is 26.3 Å². The van der Waals surface area contributed by atoms with Crippen molar-refractivity contribution in [3.8, 4) is 0 Å². The van der Waals surface area contributed by atoms with Gasteiger partial charge in [-0.1, -0.05) is 13.8 Å². The molecule has 6 heteroatoms. The smallest absolute Gasteiger partial charge is 0.191 e. The van der Waals surface area contributed by atoms with E-state index < -0.39 is 0 Å². The maximum absolute atomic E-state index is 6.00. The van der Waals surface area contributed by atoms with Gasteiger partial charge in [0, 0.05) is 37.1 Å². The first kappa shape index (κ1) is 20.2. The van der Waals surface area contributed by atoms with Crippen molar-refractivity contribution in [1.29, 1.82) is 0 Å². The van der Waals surface area contributed by atoms with E-state index in [1.165, 1.54) is 12.8 Å². The van der Waals surface area contributed by atoms with Crippen molar-refractivity contribution in [3.63, 3.8) is 0 Å². The minimum Gasteiger partial charge on any atom is -0.377 e. The summed E-state index contributed by atoms with van der Waals surface area (Å²) < 4.78 is 11.9. The van der Waals surface area contributed by atoms with E-state index >= 15 is 0 Å². The zero-order valence-corrected chi connectivity index (χ0v) is 17.9. The van der Waals surface area contributed by atoms with Gasteiger partial charge in [-0.15, -0.1) is 24.0 Å². The van der Waals surface area contributed by atoms with Crippen LogP contribution in [-0.4, -0.2) is 50.0 Å². The molecule has 3 rings (SSSR count). The molecule has 3 aliphatic rings. The number of halogens is 1. The Hall–Kier alpha value is -0.0800. The molecule has 24 heavy (non-hydrogen) atoms.